The quantitative estimate of drug-likeness (QED) is 0.911. The summed E-state index contributed by atoms with van der Waals surface area (Å²) in [6.45, 7) is 6.77. The third-order valence-electron chi connectivity index (χ3n) is 4.28. The number of anilines is 1. The molecule has 0 amide bonds. The highest BCUT2D eigenvalue weighted by atomic mass is 15.2. The van der Waals surface area contributed by atoms with Gasteiger partial charge in [0.1, 0.15) is 5.82 Å². The van der Waals surface area contributed by atoms with Crippen LogP contribution in [0.1, 0.15) is 26.2 Å². The second-order valence-corrected chi connectivity index (χ2v) is 6.02. The van der Waals surface area contributed by atoms with Crippen molar-refractivity contribution in [2.45, 2.75) is 26.2 Å². The molecule has 0 saturated carbocycles. The zero-order valence-corrected chi connectivity index (χ0v) is 12.9. The number of hydrogen-bond acceptors (Lipinski definition) is 3. The molecule has 21 heavy (non-hydrogen) atoms. The molecule has 0 spiro atoms. The first kappa shape index (κ1) is 14.3. The van der Waals surface area contributed by atoms with Crippen LogP contribution in [0.3, 0.4) is 0 Å². The summed E-state index contributed by atoms with van der Waals surface area (Å²) in [5, 5.41) is 4.74. The Morgan fingerprint density at radius 2 is 2.14 bits per heavy atom. The van der Waals surface area contributed by atoms with E-state index in [-0.39, 0.29) is 0 Å². The van der Waals surface area contributed by atoms with Crippen LogP contribution in [0, 0.1) is 5.92 Å². The zero-order chi connectivity index (χ0) is 14.5. The first-order valence-corrected chi connectivity index (χ1v) is 8.18. The molecule has 1 saturated heterocycles. The van der Waals surface area contributed by atoms with Gasteiger partial charge in [-0.15, -0.1) is 0 Å². The standard InChI is InChI=1S/C18H25N3/c1-2-12-21(14-15-6-5-11-19-13-15)18-10-9-16-7-3-4-8-17(16)20-18/h3-4,7-10,15,19H,2,5-6,11-14H2,1H3. The van der Waals surface area contributed by atoms with Crippen LogP contribution in [0.15, 0.2) is 36.4 Å². The molecule has 3 rings (SSSR count). The van der Waals surface area contributed by atoms with Crippen molar-refractivity contribution in [3.05, 3.63) is 36.4 Å². The van der Waals surface area contributed by atoms with E-state index in [1.807, 2.05) is 0 Å². The largest absolute Gasteiger partial charge is 0.356 e. The number of fused-ring (bicyclic) bond motifs is 1. The average Bonchev–Trinajstić information content (AvgIpc) is 2.55. The van der Waals surface area contributed by atoms with E-state index in [4.69, 9.17) is 4.98 Å². The van der Waals surface area contributed by atoms with Gasteiger partial charge in [-0.1, -0.05) is 25.1 Å². The maximum Gasteiger partial charge on any atom is 0.129 e. The number of hydrogen-bond donors (Lipinski definition) is 1. The second-order valence-electron chi connectivity index (χ2n) is 6.02. The minimum absolute atomic E-state index is 0.749. The van der Waals surface area contributed by atoms with Crippen LogP contribution in [-0.2, 0) is 0 Å². The van der Waals surface area contributed by atoms with Crippen molar-refractivity contribution in [2.75, 3.05) is 31.1 Å². The van der Waals surface area contributed by atoms with Crippen LogP contribution in [0.2, 0.25) is 0 Å². The summed E-state index contributed by atoms with van der Waals surface area (Å²) in [6, 6.07) is 12.7. The highest BCUT2D eigenvalue weighted by Crippen LogP contribution is 2.21. The Morgan fingerprint density at radius 1 is 1.24 bits per heavy atom. The summed E-state index contributed by atoms with van der Waals surface area (Å²) in [5.74, 6) is 1.87. The summed E-state index contributed by atoms with van der Waals surface area (Å²) < 4.78 is 0. The van der Waals surface area contributed by atoms with Crippen molar-refractivity contribution in [1.29, 1.82) is 0 Å². The van der Waals surface area contributed by atoms with Gasteiger partial charge >= 0.3 is 0 Å². The van der Waals surface area contributed by atoms with Gasteiger partial charge in [0.2, 0.25) is 0 Å². The van der Waals surface area contributed by atoms with E-state index in [2.05, 4.69) is 53.5 Å². The van der Waals surface area contributed by atoms with Gasteiger partial charge in [0.05, 0.1) is 5.52 Å². The smallest absolute Gasteiger partial charge is 0.129 e. The van der Waals surface area contributed by atoms with Gasteiger partial charge in [0.15, 0.2) is 0 Å². The minimum Gasteiger partial charge on any atom is -0.356 e. The van der Waals surface area contributed by atoms with Crippen molar-refractivity contribution in [3.8, 4) is 0 Å². The Morgan fingerprint density at radius 3 is 2.95 bits per heavy atom. The van der Waals surface area contributed by atoms with E-state index in [1.54, 1.807) is 0 Å². The van der Waals surface area contributed by atoms with Crippen LogP contribution in [0.25, 0.3) is 10.9 Å². The number of benzene rings is 1. The Labute approximate surface area is 127 Å². The summed E-state index contributed by atoms with van der Waals surface area (Å²) >= 11 is 0. The Balaban J connectivity index is 1.80. The first-order chi connectivity index (χ1) is 10.4. The minimum atomic E-state index is 0.749. The highest BCUT2D eigenvalue weighted by Gasteiger charge is 2.17. The Kier molecular flexibility index (Phi) is 4.71. The molecule has 3 nitrogen and oxygen atoms in total. The molecule has 1 aromatic carbocycles. The molecule has 2 aromatic rings. The van der Waals surface area contributed by atoms with Crippen LogP contribution in [-0.4, -0.2) is 31.2 Å². The van der Waals surface area contributed by atoms with Crippen LogP contribution in [0.4, 0.5) is 5.82 Å². The van der Waals surface area contributed by atoms with Crippen molar-refractivity contribution in [2.24, 2.45) is 5.92 Å². The van der Waals surface area contributed by atoms with Crippen LogP contribution < -0.4 is 10.2 Å². The van der Waals surface area contributed by atoms with E-state index in [9.17, 15) is 0 Å². The van der Waals surface area contributed by atoms with Crippen molar-refractivity contribution >= 4 is 16.7 Å². The van der Waals surface area contributed by atoms with E-state index in [1.165, 1.54) is 24.8 Å². The fourth-order valence-electron chi connectivity index (χ4n) is 3.19. The number of piperidine rings is 1. The fourth-order valence-corrected chi connectivity index (χ4v) is 3.19. The lowest BCUT2D eigenvalue weighted by Gasteiger charge is -2.31. The van der Waals surface area contributed by atoms with Gasteiger partial charge in [0, 0.05) is 18.5 Å². The van der Waals surface area contributed by atoms with Gasteiger partial charge < -0.3 is 10.2 Å². The fraction of sp³-hybridized carbons (Fsp3) is 0.500. The van der Waals surface area contributed by atoms with Crippen molar-refractivity contribution in [1.82, 2.24) is 10.3 Å². The molecule has 0 radical (unpaired) electrons. The number of rotatable bonds is 5. The van der Waals surface area contributed by atoms with Crippen molar-refractivity contribution in [3.63, 3.8) is 0 Å². The maximum atomic E-state index is 4.87. The van der Waals surface area contributed by atoms with Crippen LogP contribution >= 0.6 is 0 Å². The average molecular weight is 283 g/mol. The lowest BCUT2D eigenvalue weighted by Crippen LogP contribution is -2.39. The summed E-state index contributed by atoms with van der Waals surface area (Å²) in [4.78, 5) is 7.33. The first-order valence-electron chi connectivity index (χ1n) is 8.18. The third kappa shape index (κ3) is 3.53. The molecule has 1 atom stereocenters. The van der Waals surface area contributed by atoms with E-state index in [0.29, 0.717) is 0 Å². The number of nitrogens with one attached hydrogen (secondary N) is 1. The van der Waals surface area contributed by atoms with Crippen LogP contribution in [0.5, 0.6) is 0 Å². The summed E-state index contributed by atoms with van der Waals surface area (Å²) in [6.07, 6.45) is 3.80. The predicted molar refractivity (Wildman–Crippen MR) is 89.8 cm³/mol. The normalized spacial score (nSPS) is 18.8. The summed E-state index contributed by atoms with van der Waals surface area (Å²) in [5.41, 5.74) is 1.10. The molecule has 112 valence electrons. The van der Waals surface area contributed by atoms with Gasteiger partial charge in [-0.3, -0.25) is 0 Å². The molecule has 1 aromatic heterocycles. The molecule has 1 fully saturated rings. The Bertz CT molecular complexity index is 575. The SMILES string of the molecule is CCCN(CC1CCCNC1)c1ccc2ccccc2n1. The molecule has 1 aliphatic heterocycles. The van der Waals surface area contributed by atoms with Gasteiger partial charge in [-0.2, -0.15) is 0 Å². The monoisotopic (exact) mass is 283 g/mol. The highest BCUT2D eigenvalue weighted by molar-refractivity contribution is 5.80. The maximum absolute atomic E-state index is 4.87. The molecular weight excluding hydrogens is 258 g/mol. The number of pyridine rings is 1. The predicted octanol–water partition coefficient (Wildman–Crippen LogP) is 3.45. The number of para-hydroxylation sites is 1. The number of aromatic nitrogens is 1. The van der Waals surface area contributed by atoms with Gasteiger partial charge in [-0.25, -0.2) is 4.98 Å². The molecule has 1 aliphatic rings. The topological polar surface area (TPSA) is 28.2 Å². The molecule has 0 bridgehead atoms. The molecular formula is C18H25N3. The van der Waals surface area contributed by atoms with E-state index >= 15 is 0 Å². The second kappa shape index (κ2) is 6.90. The lowest BCUT2D eigenvalue weighted by atomic mass is 9.99. The van der Waals surface area contributed by atoms with E-state index < -0.39 is 0 Å². The van der Waals surface area contributed by atoms with E-state index in [0.717, 1.165) is 43.3 Å². The molecule has 0 aliphatic carbocycles. The lowest BCUT2D eigenvalue weighted by molar-refractivity contribution is 0.376. The van der Waals surface area contributed by atoms with Gasteiger partial charge in [-0.05, 0) is 56.5 Å². The molecule has 2 heterocycles. The Hall–Kier alpha value is -1.61. The third-order valence-corrected chi connectivity index (χ3v) is 4.28. The van der Waals surface area contributed by atoms with Gasteiger partial charge in [0.25, 0.3) is 0 Å². The number of nitrogens with zero attached hydrogens (tertiary/aromatic N) is 2. The van der Waals surface area contributed by atoms with Crippen molar-refractivity contribution < 1.29 is 0 Å². The molecule has 1 N–H and O–H groups in total. The molecule has 1 unspecified atom stereocenters. The summed E-state index contributed by atoms with van der Waals surface area (Å²) in [7, 11) is 0. The zero-order valence-electron chi connectivity index (χ0n) is 12.9. The molecule has 3 heteroatoms.